The van der Waals surface area contributed by atoms with Crippen LogP contribution in [0.1, 0.15) is 58.3 Å². The van der Waals surface area contributed by atoms with Crippen LogP contribution in [0.15, 0.2) is 29.2 Å². The van der Waals surface area contributed by atoms with Crippen LogP contribution in [0.4, 0.5) is 0 Å². The quantitative estimate of drug-likeness (QED) is 0.460. The molecule has 1 heterocycles. The van der Waals surface area contributed by atoms with Crippen LogP contribution in [0, 0.1) is 0 Å². The number of methoxy groups -OCH3 is 1. The SMILES string of the molecule is CCCC(C(=O)NC1CCCC1)N(CC1CCCO1)C(=O)CNS(=O)(=O)c1ccc(OC)cc1. The third-order valence-corrected chi connectivity index (χ3v) is 7.89. The Hall–Kier alpha value is -2.17. The molecule has 1 aliphatic heterocycles. The van der Waals surface area contributed by atoms with E-state index in [9.17, 15) is 18.0 Å². The van der Waals surface area contributed by atoms with Crippen molar-refractivity contribution in [3.63, 3.8) is 0 Å². The van der Waals surface area contributed by atoms with Crippen molar-refractivity contribution in [3.8, 4) is 5.75 Å². The summed E-state index contributed by atoms with van der Waals surface area (Å²) in [5.41, 5.74) is 0. The second-order valence-electron chi connectivity index (χ2n) is 8.98. The number of sulfonamides is 1. The Labute approximate surface area is 202 Å². The third kappa shape index (κ3) is 7.16. The molecule has 9 nitrogen and oxygen atoms in total. The van der Waals surface area contributed by atoms with Crippen molar-refractivity contribution < 1.29 is 27.5 Å². The highest BCUT2D eigenvalue weighted by Crippen LogP contribution is 2.21. The number of carbonyl (C=O) groups is 2. The lowest BCUT2D eigenvalue weighted by Gasteiger charge is -2.33. The topological polar surface area (TPSA) is 114 Å². The molecule has 190 valence electrons. The zero-order valence-electron chi connectivity index (χ0n) is 20.1. The highest BCUT2D eigenvalue weighted by Gasteiger charge is 2.34. The Balaban J connectivity index is 1.72. The zero-order chi connectivity index (χ0) is 24.6. The summed E-state index contributed by atoms with van der Waals surface area (Å²) in [7, 11) is -2.40. The van der Waals surface area contributed by atoms with Crippen LogP contribution in [-0.4, -0.2) is 70.1 Å². The molecule has 1 aromatic rings. The van der Waals surface area contributed by atoms with Gasteiger partial charge in [-0.3, -0.25) is 9.59 Å². The van der Waals surface area contributed by atoms with E-state index in [1.54, 1.807) is 12.1 Å². The highest BCUT2D eigenvalue weighted by atomic mass is 32.2. The summed E-state index contributed by atoms with van der Waals surface area (Å²) < 4.78 is 38.7. The Morgan fingerprint density at radius 2 is 1.85 bits per heavy atom. The lowest BCUT2D eigenvalue weighted by Crippen LogP contribution is -2.55. The van der Waals surface area contributed by atoms with Crippen LogP contribution < -0.4 is 14.8 Å². The first-order chi connectivity index (χ1) is 16.3. The molecule has 0 aromatic heterocycles. The summed E-state index contributed by atoms with van der Waals surface area (Å²) in [6.45, 7) is 2.43. The van der Waals surface area contributed by atoms with Gasteiger partial charge in [0, 0.05) is 19.2 Å². The van der Waals surface area contributed by atoms with Crippen LogP contribution in [0.5, 0.6) is 5.75 Å². The van der Waals surface area contributed by atoms with Crippen LogP contribution in [-0.2, 0) is 24.3 Å². The minimum Gasteiger partial charge on any atom is -0.497 e. The van der Waals surface area contributed by atoms with E-state index in [4.69, 9.17) is 9.47 Å². The molecule has 0 spiro atoms. The van der Waals surface area contributed by atoms with E-state index >= 15 is 0 Å². The molecule has 34 heavy (non-hydrogen) atoms. The number of benzene rings is 1. The first-order valence-electron chi connectivity index (χ1n) is 12.2. The molecule has 0 radical (unpaired) electrons. The number of amides is 2. The average molecular weight is 496 g/mol. The molecule has 2 amide bonds. The van der Waals surface area contributed by atoms with Crippen LogP contribution in [0.3, 0.4) is 0 Å². The maximum Gasteiger partial charge on any atom is 0.243 e. The monoisotopic (exact) mass is 495 g/mol. The average Bonchev–Trinajstić information content (AvgIpc) is 3.54. The van der Waals surface area contributed by atoms with Gasteiger partial charge in [-0.25, -0.2) is 13.1 Å². The van der Waals surface area contributed by atoms with Crippen LogP contribution >= 0.6 is 0 Å². The molecule has 2 unspecified atom stereocenters. The van der Waals surface area contributed by atoms with Crippen LogP contribution in [0.2, 0.25) is 0 Å². The first kappa shape index (κ1) is 26.4. The summed E-state index contributed by atoms with van der Waals surface area (Å²) in [6.07, 6.45) is 6.87. The zero-order valence-corrected chi connectivity index (χ0v) is 20.9. The lowest BCUT2D eigenvalue weighted by atomic mass is 10.1. The van der Waals surface area contributed by atoms with E-state index in [0.717, 1.165) is 44.9 Å². The molecule has 0 bridgehead atoms. The van der Waals surface area contributed by atoms with E-state index in [0.29, 0.717) is 18.8 Å². The summed E-state index contributed by atoms with van der Waals surface area (Å²) >= 11 is 0. The molecule has 10 heteroatoms. The maximum absolute atomic E-state index is 13.3. The van der Waals surface area contributed by atoms with Gasteiger partial charge in [-0.05, 0) is 56.4 Å². The standard InChI is InChI=1S/C24H37N3O6S/c1-3-7-22(24(29)26-18-8-4-5-9-18)27(17-20-10-6-15-33-20)23(28)16-25-34(30,31)21-13-11-19(32-2)12-14-21/h11-14,18,20,22,25H,3-10,15-17H2,1-2H3,(H,26,29). The van der Waals surface area contributed by atoms with Gasteiger partial charge in [0.25, 0.3) is 0 Å². The minimum absolute atomic E-state index is 0.0378. The van der Waals surface area contributed by atoms with Gasteiger partial charge in [-0.2, -0.15) is 0 Å². The number of nitrogens with zero attached hydrogens (tertiary/aromatic N) is 1. The molecule has 2 atom stereocenters. The largest absolute Gasteiger partial charge is 0.497 e. The van der Waals surface area contributed by atoms with Crippen molar-refractivity contribution in [2.24, 2.45) is 0 Å². The molecular formula is C24H37N3O6S. The fourth-order valence-corrected chi connectivity index (χ4v) is 5.55. The molecule has 2 fully saturated rings. The fraction of sp³-hybridized carbons (Fsp3) is 0.667. The Morgan fingerprint density at radius 1 is 1.15 bits per heavy atom. The summed E-state index contributed by atoms with van der Waals surface area (Å²) in [5.74, 6) is -0.0702. The molecule has 1 saturated carbocycles. The van der Waals surface area contributed by atoms with Gasteiger partial charge in [0.15, 0.2) is 0 Å². The van der Waals surface area contributed by atoms with Gasteiger partial charge in [0.2, 0.25) is 21.8 Å². The second kappa shape index (κ2) is 12.5. The third-order valence-electron chi connectivity index (χ3n) is 6.47. The van der Waals surface area contributed by atoms with Gasteiger partial charge in [0.1, 0.15) is 11.8 Å². The van der Waals surface area contributed by atoms with Crippen molar-refractivity contribution in [2.45, 2.75) is 81.4 Å². The predicted molar refractivity (Wildman–Crippen MR) is 128 cm³/mol. The number of rotatable bonds is 12. The normalized spacial score (nSPS) is 19.6. The van der Waals surface area contributed by atoms with Gasteiger partial charge < -0.3 is 19.7 Å². The molecule has 1 aromatic carbocycles. The minimum atomic E-state index is -3.90. The summed E-state index contributed by atoms with van der Waals surface area (Å²) in [4.78, 5) is 28.1. The smallest absolute Gasteiger partial charge is 0.243 e. The van der Waals surface area contributed by atoms with Crippen molar-refractivity contribution >= 4 is 21.8 Å². The second-order valence-corrected chi connectivity index (χ2v) is 10.7. The number of carbonyl (C=O) groups excluding carboxylic acids is 2. The Morgan fingerprint density at radius 3 is 2.44 bits per heavy atom. The van der Waals surface area contributed by atoms with Crippen LogP contribution in [0.25, 0.3) is 0 Å². The lowest BCUT2D eigenvalue weighted by molar-refractivity contribution is -0.142. The summed E-state index contributed by atoms with van der Waals surface area (Å²) in [5, 5.41) is 3.11. The van der Waals surface area contributed by atoms with E-state index < -0.39 is 28.5 Å². The predicted octanol–water partition coefficient (Wildman–Crippen LogP) is 2.21. The van der Waals surface area contributed by atoms with Gasteiger partial charge in [-0.1, -0.05) is 26.2 Å². The number of nitrogens with one attached hydrogen (secondary N) is 2. The van der Waals surface area contributed by atoms with E-state index in [-0.39, 0.29) is 29.5 Å². The van der Waals surface area contributed by atoms with Crippen molar-refractivity contribution in [1.82, 2.24) is 14.9 Å². The van der Waals surface area contributed by atoms with E-state index in [1.807, 2.05) is 6.92 Å². The molecule has 2 N–H and O–H groups in total. The molecule has 1 aliphatic carbocycles. The number of hydrogen-bond donors (Lipinski definition) is 2. The number of ether oxygens (including phenoxy) is 2. The molecule has 3 rings (SSSR count). The van der Waals surface area contributed by atoms with Crippen molar-refractivity contribution in [3.05, 3.63) is 24.3 Å². The maximum atomic E-state index is 13.3. The highest BCUT2D eigenvalue weighted by molar-refractivity contribution is 7.89. The summed E-state index contributed by atoms with van der Waals surface area (Å²) in [6, 6.07) is 5.42. The van der Waals surface area contributed by atoms with E-state index in [1.165, 1.54) is 24.1 Å². The first-order valence-corrected chi connectivity index (χ1v) is 13.7. The van der Waals surface area contributed by atoms with Gasteiger partial charge in [-0.15, -0.1) is 0 Å². The Kier molecular flexibility index (Phi) is 9.73. The Bertz CT molecular complexity index is 909. The molecule has 1 saturated heterocycles. The van der Waals surface area contributed by atoms with Crippen molar-refractivity contribution in [2.75, 3.05) is 26.8 Å². The van der Waals surface area contributed by atoms with Gasteiger partial charge in [0.05, 0.1) is 24.7 Å². The molecule has 2 aliphatic rings. The fourth-order valence-electron chi connectivity index (χ4n) is 4.58. The number of hydrogen-bond acceptors (Lipinski definition) is 6. The van der Waals surface area contributed by atoms with E-state index in [2.05, 4.69) is 10.0 Å². The molecular weight excluding hydrogens is 458 g/mol. The van der Waals surface area contributed by atoms with Crippen molar-refractivity contribution in [1.29, 1.82) is 0 Å². The van der Waals surface area contributed by atoms with Gasteiger partial charge >= 0.3 is 0 Å².